The van der Waals surface area contributed by atoms with E-state index in [4.69, 9.17) is 4.98 Å². The van der Waals surface area contributed by atoms with Crippen LogP contribution in [0.25, 0.3) is 5.70 Å². The van der Waals surface area contributed by atoms with Crippen LogP contribution in [-0.4, -0.2) is 35.2 Å². The van der Waals surface area contributed by atoms with Crippen LogP contribution >= 0.6 is 0 Å². The average molecular weight is 369 g/mol. The van der Waals surface area contributed by atoms with Gasteiger partial charge in [-0.1, -0.05) is 6.58 Å². The molecule has 0 saturated carbocycles. The van der Waals surface area contributed by atoms with E-state index in [0.29, 0.717) is 19.5 Å². The standard InChI is InChI=1S/C22H29FN4/c1-15-10-17(12-24-11-15)26-20-13-25-21(19-7-5-4-6-18(19)20)16(2)27-9-8-22(3,23)14-27/h10-11,13,24,26H,2,4-9,12,14H2,1,3H3. The Morgan fingerprint density at radius 2 is 2.11 bits per heavy atom. The highest BCUT2D eigenvalue weighted by Crippen LogP contribution is 2.36. The minimum Gasteiger partial charge on any atom is -0.385 e. The normalized spacial score (nSPS) is 24.6. The molecule has 4 nitrogen and oxygen atoms in total. The van der Waals surface area contributed by atoms with E-state index in [1.807, 2.05) is 12.4 Å². The van der Waals surface area contributed by atoms with E-state index in [9.17, 15) is 4.39 Å². The summed E-state index contributed by atoms with van der Waals surface area (Å²) in [5.74, 6) is 0. The molecule has 1 unspecified atom stereocenters. The number of pyridine rings is 1. The molecule has 1 aliphatic carbocycles. The number of nitrogens with one attached hydrogen (secondary N) is 2. The lowest BCUT2D eigenvalue weighted by Gasteiger charge is -2.28. The van der Waals surface area contributed by atoms with Gasteiger partial charge in [-0.05, 0) is 68.5 Å². The highest BCUT2D eigenvalue weighted by molar-refractivity contribution is 5.69. The number of nitrogens with zero attached hydrogens (tertiary/aromatic N) is 2. The van der Waals surface area contributed by atoms with Crippen molar-refractivity contribution in [2.75, 3.05) is 25.0 Å². The van der Waals surface area contributed by atoms with Crippen molar-refractivity contribution in [3.63, 3.8) is 0 Å². The molecule has 1 aromatic heterocycles. The minimum absolute atomic E-state index is 0.409. The summed E-state index contributed by atoms with van der Waals surface area (Å²) in [6.07, 6.45) is 11.1. The lowest BCUT2D eigenvalue weighted by atomic mass is 9.89. The molecule has 0 amide bonds. The SMILES string of the molecule is C=C(c1ncc(NC2=CC(C)=CNC2)c2c1CCCC2)N1CCC(C)(F)C1. The second kappa shape index (κ2) is 7.02. The van der Waals surface area contributed by atoms with Crippen LogP contribution in [-0.2, 0) is 12.8 Å². The van der Waals surface area contributed by atoms with Crippen molar-refractivity contribution in [1.82, 2.24) is 15.2 Å². The van der Waals surface area contributed by atoms with Gasteiger partial charge in [0.1, 0.15) is 5.67 Å². The number of likely N-dealkylation sites (tertiary alicyclic amines) is 1. The second-order valence-corrected chi connectivity index (χ2v) is 8.28. The van der Waals surface area contributed by atoms with E-state index in [1.165, 1.54) is 29.5 Å². The van der Waals surface area contributed by atoms with Gasteiger partial charge >= 0.3 is 0 Å². The molecular formula is C22H29FN4. The highest BCUT2D eigenvalue weighted by atomic mass is 19.1. The Labute approximate surface area is 161 Å². The van der Waals surface area contributed by atoms with Crippen molar-refractivity contribution >= 4 is 11.4 Å². The fourth-order valence-electron chi connectivity index (χ4n) is 4.35. The van der Waals surface area contributed by atoms with Gasteiger partial charge in [0.2, 0.25) is 0 Å². The number of hydrogen-bond acceptors (Lipinski definition) is 4. The first-order chi connectivity index (χ1) is 12.9. The molecular weight excluding hydrogens is 339 g/mol. The van der Waals surface area contributed by atoms with E-state index in [0.717, 1.165) is 42.2 Å². The summed E-state index contributed by atoms with van der Waals surface area (Å²) in [5, 5.41) is 6.87. The fraction of sp³-hybridized carbons (Fsp3) is 0.500. The summed E-state index contributed by atoms with van der Waals surface area (Å²) in [6, 6.07) is 0. The zero-order chi connectivity index (χ0) is 19.0. The van der Waals surface area contributed by atoms with Crippen molar-refractivity contribution in [2.45, 2.75) is 51.6 Å². The van der Waals surface area contributed by atoms with Gasteiger partial charge in [0.05, 0.1) is 36.4 Å². The highest BCUT2D eigenvalue weighted by Gasteiger charge is 2.35. The molecule has 3 aliphatic rings. The lowest BCUT2D eigenvalue weighted by molar-refractivity contribution is 0.205. The van der Waals surface area contributed by atoms with Gasteiger partial charge in [0, 0.05) is 18.7 Å². The van der Waals surface area contributed by atoms with Gasteiger partial charge in [-0.3, -0.25) is 4.98 Å². The van der Waals surface area contributed by atoms with E-state index in [2.05, 4.69) is 35.1 Å². The Morgan fingerprint density at radius 1 is 1.33 bits per heavy atom. The van der Waals surface area contributed by atoms with Crippen LogP contribution in [0, 0.1) is 0 Å². The molecule has 0 aromatic carbocycles. The number of rotatable bonds is 4. The van der Waals surface area contributed by atoms with Gasteiger partial charge in [-0.25, -0.2) is 4.39 Å². The molecule has 1 saturated heterocycles. The molecule has 1 aromatic rings. The van der Waals surface area contributed by atoms with Crippen molar-refractivity contribution in [2.24, 2.45) is 0 Å². The predicted molar refractivity (Wildman–Crippen MR) is 109 cm³/mol. The maximum Gasteiger partial charge on any atom is 0.127 e. The Morgan fingerprint density at radius 3 is 2.81 bits per heavy atom. The Kier molecular flexibility index (Phi) is 4.70. The summed E-state index contributed by atoms with van der Waals surface area (Å²) in [7, 11) is 0. The first-order valence-electron chi connectivity index (χ1n) is 9.95. The monoisotopic (exact) mass is 368 g/mol. The van der Waals surface area contributed by atoms with Gasteiger partial charge in [-0.15, -0.1) is 0 Å². The first-order valence-corrected chi connectivity index (χ1v) is 9.95. The van der Waals surface area contributed by atoms with E-state index < -0.39 is 5.67 Å². The number of alkyl halides is 1. The van der Waals surface area contributed by atoms with Crippen LogP contribution in [0.4, 0.5) is 10.1 Å². The van der Waals surface area contributed by atoms with Crippen LogP contribution in [0.3, 0.4) is 0 Å². The summed E-state index contributed by atoms with van der Waals surface area (Å²) in [6.45, 7) is 9.97. The van der Waals surface area contributed by atoms with Crippen LogP contribution in [0.1, 0.15) is 49.9 Å². The van der Waals surface area contributed by atoms with Crippen molar-refractivity contribution in [1.29, 1.82) is 0 Å². The Balaban J connectivity index is 1.63. The maximum absolute atomic E-state index is 14.3. The molecule has 1 atom stereocenters. The van der Waals surface area contributed by atoms with Crippen molar-refractivity contribution < 1.29 is 4.39 Å². The molecule has 144 valence electrons. The van der Waals surface area contributed by atoms with Gasteiger partial charge in [0.15, 0.2) is 0 Å². The first kappa shape index (κ1) is 18.1. The number of allylic oxidation sites excluding steroid dienone is 2. The summed E-state index contributed by atoms with van der Waals surface area (Å²) in [5.41, 5.74) is 6.81. The molecule has 4 rings (SSSR count). The molecule has 27 heavy (non-hydrogen) atoms. The zero-order valence-electron chi connectivity index (χ0n) is 16.4. The number of fused-ring (bicyclic) bond motifs is 1. The topological polar surface area (TPSA) is 40.2 Å². The third-order valence-corrected chi connectivity index (χ3v) is 5.80. The van der Waals surface area contributed by atoms with Gasteiger partial charge in [0.25, 0.3) is 0 Å². The Bertz CT molecular complexity index is 822. The number of hydrogen-bond donors (Lipinski definition) is 2. The summed E-state index contributed by atoms with van der Waals surface area (Å²) >= 11 is 0. The van der Waals surface area contributed by atoms with Gasteiger partial charge in [-0.2, -0.15) is 0 Å². The number of dihydropyridines is 1. The molecule has 5 heteroatoms. The van der Waals surface area contributed by atoms with E-state index in [1.54, 1.807) is 6.92 Å². The largest absolute Gasteiger partial charge is 0.385 e. The minimum atomic E-state index is -1.13. The Hall–Kier alpha value is -2.30. The smallest absolute Gasteiger partial charge is 0.127 e. The second-order valence-electron chi connectivity index (χ2n) is 8.28. The fourth-order valence-corrected chi connectivity index (χ4v) is 4.35. The molecule has 0 radical (unpaired) electrons. The summed E-state index contributed by atoms with van der Waals surface area (Å²) < 4.78 is 14.3. The molecule has 2 N–H and O–H groups in total. The molecule has 0 bridgehead atoms. The number of aromatic nitrogens is 1. The van der Waals surface area contributed by atoms with Gasteiger partial charge < -0.3 is 15.5 Å². The van der Waals surface area contributed by atoms with E-state index in [-0.39, 0.29) is 0 Å². The number of halogens is 1. The summed E-state index contributed by atoms with van der Waals surface area (Å²) in [4.78, 5) is 6.84. The predicted octanol–water partition coefficient (Wildman–Crippen LogP) is 4.17. The third-order valence-electron chi connectivity index (χ3n) is 5.80. The average Bonchev–Trinajstić information content (AvgIpc) is 3.01. The van der Waals surface area contributed by atoms with Crippen LogP contribution in [0.15, 0.2) is 36.3 Å². The maximum atomic E-state index is 14.3. The molecule has 2 aliphatic heterocycles. The quantitative estimate of drug-likeness (QED) is 0.837. The third kappa shape index (κ3) is 3.73. The lowest BCUT2D eigenvalue weighted by Crippen LogP contribution is -2.26. The number of anilines is 1. The van der Waals surface area contributed by atoms with Crippen molar-refractivity contribution in [3.8, 4) is 0 Å². The van der Waals surface area contributed by atoms with Crippen molar-refractivity contribution in [3.05, 3.63) is 53.1 Å². The molecule has 1 fully saturated rings. The molecule has 3 heterocycles. The van der Waals surface area contributed by atoms with Crippen LogP contribution < -0.4 is 10.6 Å². The van der Waals surface area contributed by atoms with Crippen LogP contribution in [0.2, 0.25) is 0 Å². The molecule has 0 spiro atoms. The van der Waals surface area contributed by atoms with E-state index >= 15 is 0 Å². The van der Waals surface area contributed by atoms with Crippen LogP contribution in [0.5, 0.6) is 0 Å². The zero-order valence-corrected chi connectivity index (χ0v) is 16.4.